The van der Waals surface area contributed by atoms with E-state index in [1.165, 1.54) is 5.56 Å². The van der Waals surface area contributed by atoms with Gasteiger partial charge >= 0.3 is 0 Å². The van der Waals surface area contributed by atoms with Gasteiger partial charge in [0, 0.05) is 6.04 Å². The molecule has 0 aliphatic heterocycles. The highest BCUT2D eigenvalue weighted by Gasteiger charge is 2.12. The van der Waals surface area contributed by atoms with Gasteiger partial charge < -0.3 is 10.8 Å². The van der Waals surface area contributed by atoms with E-state index >= 15 is 0 Å². The Bertz CT molecular complexity index is 305. The van der Waals surface area contributed by atoms with E-state index in [1.54, 1.807) is 6.07 Å². The number of nitrogens with two attached hydrogens (primary N) is 1. The van der Waals surface area contributed by atoms with Gasteiger partial charge in [0.05, 0.1) is 6.07 Å². The van der Waals surface area contributed by atoms with Gasteiger partial charge in [-0.15, -0.1) is 0 Å². The fourth-order valence-corrected chi connectivity index (χ4v) is 1.23. The van der Waals surface area contributed by atoms with Gasteiger partial charge in [-0.05, 0) is 18.4 Å². The van der Waals surface area contributed by atoms with Crippen LogP contribution >= 0.6 is 0 Å². The van der Waals surface area contributed by atoms with Crippen LogP contribution in [0.2, 0.25) is 0 Å². The molecule has 3 N–H and O–H groups in total. The second-order valence-electron chi connectivity index (χ2n) is 3.26. The number of benzene rings is 1. The van der Waals surface area contributed by atoms with Gasteiger partial charge in [-0.1, -0.05) is 30.3 Å². The number of aryl methyl sites for hydroxylation is 1. The lowest BCUT2D eigenvalue weighted by Gasteiger charge is -2.11. The maximum absolute atomic E-state index is 9.12. The summed E-state index contributed by atoms with van der Waals surface area (Å²) in [4.78, 5) is 0. The fourth-order valence-electron chi connectivity index (χ4n) is 1.23. The van der Waals surface area contributed by atoms with Gasteiger partial charge in [-0.3, -0.25) is 0 Å². The largest absolute Gasteiger partial charge is 0.376 e. The molecule has 0 saturated carbocycles. The van der Waals surface area contributed by atoms with E-state index in [0.717, 1.165) is 6.42 Å². The first-order valence-electron chi connectivity index (χ1n) is 4.61. The Morgan fingerprint density at radius 3 is 2.57 bits per heavy atom. The zero-order chi connectivity index (χ0) is 10.4. The zero-order valence-electron chi connectivity index (χ0n) is 7.93. The van der Waals surface area contributed by atoms with Crippen LogP contribution in [0.25, 0.3) is 0 Å². The molecule has 2 atom stereocenters. The summed E-state index contributed by atoms with van der Waals surface area (Å²) in [5.74, 6) is 0. The summed E-state index contributed by atoms with van der Waals surface area (Å²) < 4.78 is 0. The van der Waals surface area contributed by atoms with Crippen molar-refractivity contribution in [3.63, 3.8) is 0 Å². The topological polar surface area (TPSA) is 70.0 Å². The number of nitriles is 1. The molecule has 0 amide bonds. The van der Waals surface area contributed by atoms with Gasteiger partial charge in [0.2, 0.25) is 0 Å². The molecule has 1 aromatic carbocycles. The lowest BCUT2D eigenvalue weighted by molar-refractivity contribution is 0.193. The van der Waals surface area contributed by atoms with Crippen molar-refractivity contribution in [3.8, 4) is 6.07 Å². The van der Waals surface area contributed by atoms with E-state index in [-0.39, 0.29) is 0 Å². The van der Waals surface area contributed by atoms with Crippen LogP contribution in [0.15, 0.2) is 30.3 Å². The van der Waals surface area contributed by atoms with Crippen molar-refractivity contribution >= 4 is 0 Å². The molecule has 0 heterocycles. The van der Waals surface area contributed by atoms with Crippen molar-refractivity contribution < 1.29 is 5.11 Å². The Labute approximate surface area is 83.8 Å². The predicted molar refractivity (Wildman–Crippen MR) is 54.4 cm³/mol. The molecule has 1 aromatic rings. The van der Waals surface area contributed by atoms with Crippen LogP contribution in [-0.2, 0) is 6.42 Å². The summed E-state index contributed by atoms with van der Waals surface area (Å²) in [7, 11) is 0. The minimum atomic E-state index is -1.06. The van der Waals surface area contributed by atoms with Crippen LogP contribution in [0.5, 0.6) is 0 Å². The maximum Gasteiger partial charge on any atom is 0.155 e. The van der Waals surface area contributed by atoms with Crippen molar-refractivity contribution in [3.05, 3.63) is 35.9 Å². The Hall–Kier alpha value is -1.37. The van der Waals surface area contributed by atoms with Crippen molar-refractivity contribution in [1.82, 2.24) is 0 Å². The molecule has 0 saturated heterocycles. The number of aliphatic hydroxyl groups excluding tert-OH is 1. The van der Waals surface area contributed by atoms with Gasteiger partial charge in [0.1, 0.15) is 0 Å². The lowest BCUT2D eigenvalue weighted by atomic mass is 10.0. The van der Waals surface area contributed by atoms with Gasteiger partial charge in [0.15, 0.2) is 6.10 Å². The number of rotatable bonds is 4. The van der Waals surface area contributed by atoms with Crippen LogP contribution < -0.4 is 5.73 Å². The van der Waals surface area contributed by atoms with Gasteiger partial charge in [-0.25, -0.2) is 0 Å². The monoisotopic (exact) mass is 190 g/mol. The van der Waals surface area contributed by atoms with E-state index in [0.29, 0.717) is 6.42 Å². The molecule has 14 heavy (non-hydrogen) atoms. The average Bonchev–Trinajstić information content (AvgIpc) is 2.26. The number of aliphatic hydroxyl groups is 1. The molecule has 2 unspecified atom stereocenters. The summed E-state index contributed by atoms with van der Waals surface area (Å²) in [5.41, 5.74) is 6.78. The normalized spacial score (nSPS) is 14.4. The van der Waals surface area contributed by atoms with Crippen molar-refractivity contribution in [2.24, 2.45) is 5.73 Å². The minimum Gasteiger partial charge on any atom is -0.376 e. The van der Waals surface area contributed by atoms with Crippen LogP contribution in [0.3, 0.4) is 0 Å². The summed E-state index contributed by atoms with van der Waals surface area (Å²) in [6, 6.07) is 11.2. The van der Waals surface area contributed by atoms with Crippen LogP contribution in [0.4, 0.5) is 0 Å². The third-order valence-corrected chi connectivity index (χ3v) is 2.15. The summed E-state index contributed by atoms with van der Waals surface area (Å²) in [6.45, 7) is 0. The molecule has 0 fully saturated rings. The van der Waals surface area contributed by atoms with Gasteiger partial charge in [0.25, 0.3) is 0 Å². The van der Waals surface area contributed by atoms with Crippen molar-refractivity contribution in [1.29, 1.82) is 5.26 Å². The van der Waals surface area contributed by atoms with Crippen LogP contribution in [0.1, 0.15) is 12.0 Å². The van der Waals surface area contributed by atoms with Crippen molar-refractivity contribution in [2.75, 3.05) is 0 Å². The highest BCUT2D eigenvalue weighted by atomic mass is 16.3. The molecule has 0 radical (unpaired) electrons. The van der Waals surface area contributed by atoms with Crippen LogP contribution in [-0.4, -0.2) is 17.3 Å². The second kappa shape index (κ2) is 5.38. The van der Waals surface area contributed by atoms with E-state index < -0.39 is 12.1 Å². The third-order valence-electron chi connectivity index (χ3n) is 2.15. The molecule has 0 aliphatic carbocycles. The molecule has 0 spiro atoms. The first kappa shape index (κ1) is 10.7. The molecular formula is C11H14N2O. The Balaban J connectivity index is 2.39. The van der Waals surface area contributed by atoms with Crippen molar-refractivity contribution in [2.45, 2.75) is 25.0 Å². The van der Waals surface area contributed by atoms with E-state index in [2.05, 4.69) is 0 Å². The standard InChI is InChI=1S/C11H14N2O/c12-8-11(14)10(13)7-6-9-4-2-1-3-5-9/h1-5,10-11,14H,6-7,13H2. The molecule has 74 valence electrons. The Morgan fingerprint density at radius 1 is 1.36 bits per heavy atom. The van der Waals surface area contributed by atoms with Gasteiger partial charge in [-0.2, -0.15) is 5.26 Å². The Morgan fingerprint density at radius 2 is 2.00 bits per heavy atom. The molecule has 1 rings (SSSR count). The summed E-state index contributed by atoms with van der Waals surface area (Å²) in [5, 5.41) is 17.5. The molecule has 0 aliphatic rings. The Kier molecular flexibility index (Phi) is 4.11. The first-order chi connectivity index (χ1) is 6.74. The average molecular weight is 190 g/mol. The molecule has 3 nitrogen and oxygen atoms in total. The third kappa shape index (κ3) is 3.17. The van der Waals surface area contributed by atoms with Crippen LogP contribution in [0, 0.1) is 11.3 Å². The summed E-state index contributed by atoms with van der Waals surface area (Å²) in [6.07, 6.45) is 0.359. The molecule has 0 bridgehead atoms. The predicted octanol–water partition coefficient (Wildman–Crippen LogP) is 0.831. The molecular weight excluding hydrogens is 176 g/mol. The zero-order valence-corrected chi connectivity index (χ0v) is 7.93. The lowest BCUT2D eigenvalue weighted by Crippen LogP contribution is -2.33. The minimum absolute atomic E-state index is 0.458. The van der Waals surface area contributed by atoms with E-state index in [9.17, 15) is 0 Å². The van der Waals surface area contributed by atoms with E-state index in [1.807, 2.05) is 30.3 Å². The maximum atomic E-state index is 9.12. The SMILES string of the molecule is N#CC(O)C(N)CCc1ccccc1. The first-order valence-corrected chi connectivity index (χ1v) is 4.61. The molecule has 0 aromatic heterocycles. The number of hydrogen-bond acceptors (Lipinski definition) is 3. The second-order valence-corrected chi connectivity index (χ2v) is 3.26. The highest BCUT2D eigenvalue weighted by Crippen LogP contribution is 2.05. The fraction of sp³-hybridized carbons (Fsp3) is 0.364. The summed E-state index contributed by atoms with van der Waals surface area (Å²) >= 11 is 0. The smallest absolute Gasteiger partial charge is 0.155 e. The highest BCUT2D eigenvalue weighted by molar-refractivity contribution is 5.15. The molecule has 3 heteroatoms. The van der Waals surface area contributed by atoms with E-state index in [4.69, 9.17) is 16.1 Å². The number of hydrogen-bond donors (Lipinski definition) is 2. The number of nitrogens with zero attached hydrogens (tertiary/aromatic N) is 1. The quantitative estimate of drug-likeness (QED) is 0.691.